The van der Waals surface area contributed by atoms with Crippen LogP contribution in [-0.4, -0.2) is 31.4 Å². The van der Waals surface area contributed by atoms with Crippen molar-refractivity contribution < 1.29 is 9.47 Å². The monoisotopic (exact) mass is 246 g/mol. The summed E-state index contributed by atoms with van der Waals surface area (Å²) in [4.78, 5) is 0. The van der Waals surface area contributed by atoms with Crippen molar-refractivity contribution in [2.45, 2.75) is 25.6 Å². The first-order valence-electron chi connectivity index (χ1n) is 6.11. The number of benzene rings is 1. The van der Waals surface area contributed by atoms with E-state index in [2.05, 4.69) is 25.2 Å². The molecule has 2 rings (SSSR count). The van der Waals surface area contributed by atoms with Gasteiger partial charge in [0.2, 0.25) is 0 Å². The highest BCUT2D eigenvalue weighted by Gasteiger charge is 2.28. The fourth-order valence-electron chi connectivity index (χ4n) is 2.03. The van der Waals surface area contributed by atoms with Crippen molar-refractivity contribution in [2.24, 2.45) is 0 Å². The summed E-state index contributed by atoms with van der Waals surface area (Å²) in [5, 5.41) is 12.3. The third-order valence-corrected chi connectivity index (χ3v) is 2.84. The molecule has 1 heterocycles. The van der Waals surface area contributed by atoms with E-state index in [1.165, 1.54) is 0 Å². The zero-order valence-electron chi connectivity index (χ0n) is 10.8. The number of nitriles is 1. The van der Waals surface area contributed by atoms with Gasteiger partial charge in [-0.15, -0.1) is 0 Å². The van der Waals surface area contributed by atoms with Gasteiger partial charge in [-0.1, -0.05) is 12.1 Å². The van der Waals surface area contributed by atoms with Crippen molar-refractivity contribution in [1.82, 2.24) is 5.32 Å². The second kappa shape index (κ2) is 5.38. The molecule has 0 radical (unpaired) electrons. The molecule has 1 N–H and O–H groups in total. The van der Waals surface area contributed by atoms with E-state index in [0.717, 1.165) is 13.1 Å². The zero-order chi connectivity index (χ0) is 13.0. The second-order valence-electron chi connectivity index (χ2n) is 5.05. The summed E-state index contributed by atoms with van der Waals surface area (Å²) in [6.07, 6.45) is 0.0144. The van der Waals surface area contributed by atoms with Gasteiger partial charge in [0.25, 0.3) is 0 Å². The quantitative estimate of drug-likeness (QED) is 0.882. The van der Waals surface area contributed by atoms with Gasteiger partial charge in [0, 0.05) is 13.1 Å². The molecule has 1 saturated heterocycles. The van der Waals surface area contributed by atoms with Crippen molar-refractivity contribution in [2.75, 3.05) is 19.7 Å². The van der Waals surface area contributed by atoms with Crippen LogP contribution in [0.5, 0.6) is 5.75 Å². The molecular weight excluding hydrogens is 228 g/mol. The van der Waals surface area contributed by atoms with Crippen LogP contribution in [0, 0.1) is 11.3 Å². The molecule has 0 aromatic heterocycles. The molecule has 1 fully saturated rings. The first-order chi connectivity index (χ1) is 8.61. The lowest BCUT2D eigenvalue weighted by atomic mass is 10.1. The molecule has 0 aliphatic carbocycles. The average Bonchev–Trinajstić information content (AvgIpc) is 2.35. The van der Waals surface area contributed by atoms with Crippen LogP contribution in [0.1, 0.15) is 19.4 Å². The molecule has 1 unspecified atom stereocenters. The number of ether oxygens (including phenoxy) is 2. The van der Waals surface area contributed by atoms with Crippen LogP contribution in [0.25, 0.3) is 0 Å². The van der Waals surface area contributed by atoms with Gasteiger partial charge in [-0.3, -0.25) is 0 Å². The number of rotatable bonds is 3. The molecule has 1 atom stereocenters. The van der Waals surface area contributed by atoms with E-state index in [1.807, 2.05) is 12.1 Å². The van der Waals surface area contributed by atoms with Crippen molar-refractivity contribution in [3.05, 3.63) is 29.8 Å². The van der Waals surface area contributed by atoms with Crippen LogP contribution < -0.4 is 10.1 Å². The lowest BCUT2D eigenvalue weighted by Gasteiger charge is -2.36. The van der Waals surface area contributed by atoms with Gasteiger partial charge in [0.1, 0.15) is 24.5 Å². The summed E-state index contributed by atoms with van der Waals surface area (Å²) < 4.78 is 11.6. The minimum absolute atomic E-state index is 0.0144. The Morgan fingerprint density at radius 3 is 3.00 bits per heavy atom. The normalized spacial score (nSPS) is 22.2. The van der Waals surface area contributed by atoms with E-state index >= 15 is 0 Å². The third-order valence-electron chi connectivity index (χ3n) is 2.84. The fourth-order valence-corrected chi connectivity index (χ4v) is 2.03. The summed E-state index contributed by atoms with van der Waals surface area (Å²) in [6, 6.07) is 9.36. The maximum atomic E-state index is 8.96. The predicted octanol–water partition coefficient (Wildman–Crippen LogP) is 1.70. The topological polar surface area (TPSA) is 54.3 Å². The lowest BCUT2D eigenvalue weighted by Crippen LogP contribution is -2.52. The molecule has 1 aliphatic heterocycles. The maximum absolute atomic E-state index is 8.96. The first-order valence-corrected chi connectivity index (χ1v) is 6.11. The van der Waals surface area contributed by atoms with Crippen molar-refractivity contribution in [3.8, 4) is 11.8 Å². The lowest BCUT2D eigenvalue weighted by molar-refractivity contribution is -0.107. The molecule has 1 aromatic rings. The van der Waals surface area contributed by atoms with Gasteiger partial charge in [-0.25, -0.2) is 0 Å². The van der Waals surface area contributed by atoms with E-state index in [0.29, 0.717) is 17.9 Å². The Labute approximate surface area is 108 Å². The van der Waals surface area contributed by atoms with Crippen LogP contribution in [-0.2, 0) is 4.74 Å². The molecule has 0 bridgehead atoms. The molecule has 1 aliphatic rings. The minimum Gasteiger partial charge on any atom is -0.489 e. The number of nitrogens with one attached hydrogen (secondary N) is 1. The Morgan fingerprint density at radius 2 is 2.28 bits per heavy atom. The Balaban J connectivity index is 1.94. The summed E-state index contributed by atoms with van der Waals surface area (Å²) in [6.45, 7) is 6.18. The SMILES string of the molecule is CC1(C)CNCC(COc2ccccc2C#N)O1. The number of nitrogens with zero attached hydrogens (tertiary/aromatic N) is 1. The highest BCUT2D eigenvalue weighted by Crippen LogP contribution is 2.19. The van der Waals surface area contributed by atoms with Crippen LogP contribution in [0.15, 0.2) is 24.3 Å². The number of hydrogen-bond acceptors (Lipinski definition) is 4. The molecule has 18 heavy (non-hydrogen) atoms. The van der Waals surface area contributed by atoms with Gasteiger partial charge in [0.15, 0.2) is 0 Å². The fraction of sp³-hybridized carbons (Fsp3) is 0.500. The van der Waals surface area contributed by atoms with E-state index in [1.54, 1.807) is 12.1 Å². The smallest absolute Gasteiger partial charge is 0.137 e. The predicted molar refractivity (Wildman–Crippen MR) is 68.5 cm³/mol. The van der Waals surface area contributed by atoms with Crippen molar-refractivity contribution in [1.29, 1.82) is 5.26 Å². The standard InChI is InChI=1S/C14H18N2O2/c1-14(2)10-16-8-12(18-14)9-17-13-6-4-3-5-11(13)7-15/h3-6,12,16H,8-10H2,1-2H3. The highest BCUT2D eigenvalue weighted by atomic mass is 16.5. The summed E-state index contributed by atoms with van der Waals surface area (Å²) in [5.41, 5.74) is 0.390. The van der Waals surface area contributed by atoms with Gasteiger partial charge in [-0.2, -0.15) is 5.26 Å². The Hall–Kier alpha value is -1.57. The van der Waals surface area contributed by atoms with Crippen LogP contribution >= 0.6 is 0 Å². The highest BCUT2D eigenvalue weighted by molar-refractivity contribution is 5.42. The van der Waals surface area contributed by atoms with E-state index in [4.69, 9.17) is 14.7 Å². The minimum atomic E-state index is -0.166. The molecule has 0 saturated carbocycles. The van der Waals surface area contributed by atoms with Crippen molar-refractivity contribution >= 4 is 0 Å². The van der Waals surface area contributed by atoms with Gasteiger partial charge < -0.3 is 14.8 Å². The Morgan fingerprint density at radius 1 is 1.50 bits per heavy atom. The Kier molecular flexibility index (Phi) is 3.85. The van der Waals surface area contributed by atoms with E-state index < -0.39 is 0 Å². The Bertz CT molecular complexity index is 451. The van der Waals surface area contributed by atoms with Gasteiger partial charge in [0.05, 0.1) is 11.2 Å². The van der Waals surface area contributed by atoms with E-state index in [9.17, 15) is 0 Å². The largest absolute Gasteiger partial charge is 0.489 e. The number of morpholine rings is 1. The summed E-state index contributed by atoms with van der Waals surface area (Å²) >= 11 is 0. The molecule has 4 nitrogen and oxygen atoms in total. The summed E-state index contributed by atoms with van der Waals surface area (Å²) in [7, 11) is 0. The zero-order valence-corrected chi connectivity index (χ0v) is 10.8. The van der Waals surface area contributed by atoms with Crippen LogP contribution in [0.2, 0.25) is 0 Å². The van der Waals surface area contributed by atoms with E-state index in [-0.39, 0.29) is 11.7 Å². The summed E-state index contributed by atoms with van der Waals surface area (Å²) in [5.74, 6) is 0.618. The third kappa shape index (κ3) is 3.22. The first kappa shape index (κ1) is 12.9. The van der Waals surface area contributed by atoms with Crippen LogP contribution in [0.4, 0.5) is 0 Å². The van der Waals surface area contributed by atoms with Crippen molar-refractivity contribution in [3.63, 3.8) is 0 Å². The van der Waals surface area contributed by atoms with Crippen LogP contribution in [0.3, 0.4) is 0 Å². The van der Waals surface area contributed by atoms with Gasteiger partial charge in [-0.05, 0) is 26.0 Å². The average molecular weight is 246 g/mol. The maximum Gasteiger partial charge on any atom is 0.137 e. The molecule has 96 valence electrons. The second-order valence-corrected chi connectivity index (χ2v) is 5.05. The molecule has 1 aromatic carbocycles. The molecular formula is C14H18N2O2. The molecule has 4 heteroatoms. The molecule has 0 amide bonds. The molecule has 0 spiro atoms. The number of hydrogen-bond donors (Lipinski definition) is 1. The van der Waals surface area contributed by atoms with Gasteiger partial charge >= 0.3 is 0 Å². The number of para-hydroxylation sites is 1.